The smallest absolute Gasteiger partial charge is 0.0541 e. The highest BCUT2D eigenvalue weighted by Gasteiger charge is 2.18. The molecule has 1 aromatic heterocycles. The summed E-state index contributed by atoms with van der Waals surface area (Å²) in [5, 5.41) is 3.62. The topological polar surface area (TPSA) is 24.9 Å². The minimum atomic E-state index is 0.565. The largest absolute Gasteiger partial charge is 0.308 e. The molecule has 2 nitrogen and oxygen atoms in total. The summed E-state index contributed by atoms with van der Waals surface area (Å²) in [6, 6.07) is 13.3. The summed E-state index contributed by atoms with van der Waals surface area (Å²) >= 11 is 3.54. The second kappa shape index (κ2) is 5.85. The van der Waals surface area contributed by atoms with Gasteiger partial charge in [-0.3, -0.25) is 4.98 Å². The van der Waals surface area contributed by atoms with Crippen molar-refractivity contribution in [1.29, 1.82) is 0 Å². The quantitative estimate of drug-likeness (QED) is 0.937. The van der Waals surface area contributed by atoms with Gasteiger partial charge in [-0.25, -0.2) is 0 Å². The van der Waals surface area contributed by atoms with E-state index in [9.17, 15) is 0 Å². The summed E-state index contributed by atoms with van der Waals surface area (Å²) in [5.41, 5.74) is 4.09. The van der Waals surface area contributed by atoms with Crippen LogP contribution in [0.5, 0.6) is 0 Å². The Balaban J connectivity index is 1.61. The molecule has 1 atom stereocenters. The molecule has 0 spiro atoms. The van der Waals surface area contributed by atoms with Crippen LogP contribution in [-0.4, -0.2) is 11.0 Å². The molecule has 1 N–H and O–H groups in total. The third-order valence-electron chi connectivity index (χ3n) is 3.69. The zero-order valence-electron chi connectivity index (χ0n) is 10.8. The number of nitrogens with zero attached hydrogens (tertiary/aromatic N) is 1. The predicted octanol–water partition coefficient (Wildman–Crippen LogP) is 3.49. The minimum absolute atomic E-state index is 0.565. The Bertz CT molecular complexity index is 554. The molecule has 1 aromatic carbocycles. The van der Waals surface area contributed by atoms with Crippen molar-refractivity contribution in [1.82, 2.24) is 10.3 Å². The molecule has 98 valence electrons. The average molecular weight is 317 g/mol. The molecule has 2 aromatic rings. The molecule has 3 heteroatoms. The molecule has 0 saturated heterocycles. The van der Waals surface area contributed by atoms with Crippen LogP contribution in [0.3, 0.4) is 0 Å². The molecule has 0 amide bonds. The zero-order valence-corrected chi connectivity index (χ0v) is 12.4. The lowest BCUT2D eigenvalue weighted by Gasteiger charge is -2.25. The molecule has 1 heterocycles. The Morgan fingerprint density at radius 2 is 2.16 bits per heavy atom. The Morgan fingerprint density at radius 3 is 3.00 bits per heavy atom. The van der Waals surface area contributed by atoms with Gasteiger partial charge in [-0.1, -0.05) is 28.1 Å². The monoisotopic (exact) mass is 316 g/mol. The van der Waals surface area contributed by atoms with Crippen LogP contribution in [0, 0.1) is 0 Å². The fourth-order valence-electron chi connectivity index (χ4n) is 2.65. The van der Waals surface area contributed by atoms with Crippen molar-refractivity contribution >= 4 is 15.9 Å². The maximum absolute atomic E-state index is 4.35. The number of halogens is 1. The third-order valence-corrected chi connectivity index (χ3v) is 4.19. The van der Waals surface area contributed by atoms with Crippen molar-refractivity contribution in [2.75, 3.05) is 0 Å². The molecular weight excluding hydrogens is 300 g/mol. The first-order valence-electron chi connectivity index (χ1n) is 6.72. The van der Waals surface area contributed by atoms with Crippen LogP contribution >= 0.6 is 15.9 Å². The lowest BCUT2D eigenvalue weighted by molar-refractivity contribution is 0.454. The number of aryl methyl sites for hydroxylation is 1. The van der Waals surface area contributed by atoms with Crippen molar-refractivity contribution < 1.29 is 0 Å². The molecule has 0 saturated carbocycles. The van der Waals surface area contributed by atoms with Crippen LogP contribution in [-0.2, 0) is 19.4 Å². The van der Waals surface area contributed by atoms with Crippen molar-refractivity contribution in [3.63, 3.8) is 0 Å². The minimum Gasteiger partial charge on any atom is -0.308 e. The number of rotatable bonds is 3. The van der Waals surface area contributed by atoms with Gasteiger partial charge in [-0.2, -0.15) is 0 Å². The Labute approximate surface area is 122 Å². The van der Waals surface area contributed by atoms with E-state index in [2.05, 4.69) is 50.5 Å². The molecule has 3 rings (SSSR count). The first-order chi connectivity index (χ1) is 9.31. The average Bonchev–Trinajstić information content (AvgIpc) is 2.46. The van der Waals surface area contributed by atoms with Crippen molar-refractivity contribution in [2.24, 2.45) is 0 Å². The summed E-state index contributed by atoms with van der Waals surface area (Å²) in [5.74, 6) is 0. The molecule has 1 unspecified atom stereocenters. The van der Waals surface area contributed by atoms with E-state index < -0.39 is 0 Å². The fraction of sp³-hybridized carbons (Fsp3) is 0.312. The second-order valence-electron chi connectivity index (χ2n) is 5.05. The fourth-order valence-corrected chi connectivity index (χ4v) is 3.06. The van der Waals surface area contributed by atoms with E-state index in [1.54, 1.807) is 0 Å². The van der Waals surface area contributed by atoms with Crippen molar-refractivity contribution in [3.8, 4) is 0 Å². The molecule has 0 radical (unpaired) electrons. The normalized spacial score (nSPS) is 18.1. The van der Waals surface area contributed by atoms with Crippen LogP contribution in [0.15, 0.2) is 47.1 Å². The van der Waals surface area contributed by atoms with E-state index in [1.807, 2.05) is 18.3 Å². The van der Waals surface area contributed by atoms with Gasteiger partial charge in [0.05, 0.1) is 5.69 Å². The summed E-state index contributed by atoms with van der Waals surface area (Å²) in [6.45, 7) is 0.859. The van der Waals surface area contributed by atoms with Crippen molar-refractivity contribution in [3.05, 3.63) is 63.9 Å². The number of aromatic nitrogens is 1. The lowest BCUT2D eigenvalue weighted by atomic mass is 9.88. The van der Waals surface area contributed by atoms with Gasteiger partial charge < -0.3 is 5.32 Å². The van der Waals surface area contributed by atoms with Crippen LogP contribution in [0.2, 0.25) is 0 Å². The van der Waals surface area contributed by atoms with Crippen LogP contribution < -0.4 is 5.32 Å². The first-order valence-corrected chi connectivity index (χ1v) is 7.51. The Morgan fingerprint density at radius 1 is 1.21 bits per heavy atom. The van der Waals surface area contributed by atoms with Crippen LogP contribution in [0.1, 0.15) is 23.2 Å². The molecule has 0 bridgehead atoms. The summed E-state index contributed by atoms with van der Waals surface area (Å²) in [4.78, 5) is 4.35. The Hall–Kier alpha value is -1.19. The maximum atomic E-state index is 4.35. The SMILES string of the molecule is Brc1ccc2c(c1)CCC(NCc1ccccn1)C2. The summed E-state index contributed by atoms with van der Waals surface area (Å²) in [6.07, 6.45) is 5.34. The molecular formula is C16H17BrN2. The number of nitrogens with one attached hydrogen (secondary N) is 1. The molecule has 19 heavy (non-hydrogen) atoms. The van der Waals surface area contributed by atoms with Crippen molar-refractivity contribution in [2.45, 2.75) is 31.8 Å². The number of hydrogen-bond acceptors (Lipinski definition) is 2. The van der Waals surface area contributed by atoms with Gasteiger partial charge in [0.1, 0.15) is 0 Å². The van der Waals surface area contributed by atoms with E-state index in [1.165, 1.54) is 22.0 Å². The van der Waals surface area contributed by atoms with Crippen LogP contribution in [0.4, 0.5) is 0 Å². The van der Waals surface area contributed by atoms with Gasteiger partial charge in [0, 0.05) is 23.3 Å². The number of pyridine rings is 1. The number of benzene rings is 1. The van der Waals surface area contributed by atoms with Gasteiger partial charge in [0.2, 0.25) is 0 Å². The maximum Gasteiger partial charge on any atom is 0.0541 e. The standard InChI is InChI=1S/C16H17BrN2/c17-14-6-4-13-10-15(7-5-12(13)9-14)19-11-16-3-1-2-8-18-16/h1-4,6,8-9,15,19H,5,7,10-11H2. The number of fused-ring (bicyclic) bond motifs is 1. The van der Waals surface area contributed by atoms with Crippen LogP contribution in [0.25, 0.3) is 0 Å². The highest BCUT2D eigenvalue weighted by atomic mass is 79.9. The Kier molecular flexibility index (Phi) is 3.95. The molecule has 0 fully saturated rings. The van der Waals surface area contributed by atoms with Gasteiger partial charge in [-0.05, 0) is 54.7 Å². The van der Waals surface area contributed by atoms with E-state index in [-0.39, 0.29) is 0 Å². The van der Waals surface area contributed by atoms with Gasteiger partial charge in [0.15, 0.2) is 0 Å². The van der Waals surface area contributed by atoms with E-state index in [0.717, 1.165) is 25.1 Å². The highest BCUT2D eigenvalue weighted by Crippen LogP contribution is 2.24. The highest BCUT2D eigenvalue weighted by molar-refractivity contribution is 9.10. The zero-order chi connectivity index (χ0) is 13.1. The van der Waals surface area contributed by atoms with E-state index in [0.29, 0.717) is 6.04 Å². The first kappa shape index (κ1) is 12.8. The lowest BCUT2D eigenvalue weighted by Crippen LogP contribution is -2.34. The van der Waals surface area contributed by atoms with Gasteiger partial charge in [0.25, 0.3) is 0 Å². The molecule has 1 aliphatic rings. The van der Waals surface area contributed by atoms with E-state index >= 15 is 0 Å². The summed E-state index contributed by atoms with van der Waals surface area (Å²) < 4.78 is 1.19. The van der Waals surface area contributed by atoms with Gasteiger partial charge >= 0.3 is 0 Å². The third kappa shape index (κ3) is 3.23. The predicted molar refractivity (Wildman–Crippen MR) is 81.0 cm³/mol. The van der Waals surface area contributed by atoms with Gasteiger partial charge in [-0.15, -0.1) is 0 Å². The van der Waals surface area contributed by atoms with E-state index in [4.69, 9.17) is 0 Å². The second-order valence-corrected chi connectivity index (χ2v) is 5.97. The molecule has 1 aliphatic carbocycles. The molecule has 0 aliphatic heterocycles. The summed E-state index contributed by atoms with van der Waals surface area (Å²) in [7, 11) is 0. The number of hydrogen-bond donors (Lipinski definition) is 1.